The van der Waals surface area contributed by atoms with E-state index >= 15 is 0 Å². The summed E-state index contributed by atoms with van der Waals surface area (Å²) in [6.45, 7) is 8.46. The Bertz CT molecular complexity index is 333. The van der Waals surface area contributed by atoms with Crippen molar-refractivity contribution < 1.29 is 5.48 Å². The van der Waals surface area contributed by atoms with Gasteiger partial charge in [-0.05, 0) is 57.3 Å². The minimum atomic E-state index is 0. The van der Waals surface area contributed by atoms with Gasteiger partial charge in [-0.25, -0.2) is 0 Å². The molecule has 0 aliphatic rings. The third-order valence-electron chi connectivity index (χ3n) is 4.36. The average molecular weight is 322 g/mol. The largest absolute Gasteiger partial charge is 0.412 e. The standard InChI is InChI=1S/C21H37N.H2O/c1-3-18-22(19-4-2)20-14-9-7-5-6-8-11-15-21-16-12-10-13-17-21;/h10,12-13,16-17H,3-9,11,14-15,18-20H2,1-2H3;1H2. The molecule has 0 unspecified atom stereocenters. The maximum Gasteiger partial charge on any atom is -0.00187 e. The zero-order valence-corrected chi connectivity index (χ0v) is 15.5. The van der Waals surface area contributed by atoms with Gasteiger partial charge in [-0.15, -0.1) is 0 Å². The van der Waals surface area contributed by atoms with Gasteiger partial charge in [0.05, 0.1) is 0 Å². The van der Waals surface area contributed by atoms with E-state index in [1.165, 1.54) is 89.4 Å². The third-order valence-corrected chi connectivity index (χ3v) is 4.36. The molecule has 0 radical (unpaired) electrons. The first-order valence-electron chi connectivity index (χ1n) is 9.63. The Morgan fingerprint density at radius 1 is 0.652 bits per heavy atom. The fraction of sp³-hybridized carbons (Fsp3) is 0.714. The Hall–Kier alpha value is -0.860. The summed E-state index contributed by atoms with van der Waals surface area (Å²) in [6.07, 6.45) is 13.7. The van der Waals surface area contributed by atoms with Gasteiger partial charge in [0.2, 0.25) is 0 Å². The zero-order chi connectivity index (χ0) is 15.9. The van der Waals surface area contributed by atoms with Gasteiger partial charge in [0.15, 0.2) is 0 Å². The highest BCUT2D eigenvalue weighted by Gasteiger charge is 2.01. The molecule has 134 valence electrons. The number of rotatable bonds is 14. The molecule has 0 saturated carbocycles. The van der Waals surface area contributed by atoms with E-state index in [4.69, 9.17) is 0 Å². The van der Waals surface area contributed by atoms with Crippen LogP contribution in [0.5, 0.6) is 0 Å². The molecule has 0 aliphatic carbocycles. The molecule has 1 rings (SSSR count). The van der Waals surface area contributed by atoms with Crippen molar-refractivity contribution in [1.29, 1.82) is 0 Å². The van der Waals surface area contributed by atoms with Gasteiger partial charge >= 0.3 is 0 Å². The topological polar surface area (TPSA) is 34.7 Å². The van der Waals surface area contributed by atoms with E-state index in [1.807, 2.05) is 0 Å². The van der Waals surface area contributed by atoms with Crippen molar-refractivity contribution in [1.82, 2.24) is 4.90 Å². The van der Waals surface area contributed by atoms with Crippen molar-refractivity contribution in [2.24, 2.45) is 0 Å². The smallest absolute Gasteiger partial charge is 0.00187 e. The molecule has 0 aliphatic heterocycles. The molecular weight excluding hydrogens is 282 g/mol. The quantitative estimate of drug-likeness (QED) is 0.431. The molecule has 2 heteroatoms. The molecule has 0 heterocycles. The van der Waals surface area contributed by atoms with E-state index in [2.05, 4.69) is 49.1 Å². The van der Waals surface area contributed by atoms with Gasteiger partial charge < -0.3 is 10.4 Å². The van der Waals surface area contributed by atoms with Crippen molar-refractivity contribution in [3.8, 4) is 0 Å². The van der Waals surface area contributed by atoms with Crippen LogP contribution in [0.2, 0.25) is 0 Å². The van der Waals surface area contributed by atoms with E-state index in [9.17, 15) is 0 Å². The number of nitrogens with zero attached hydrogens (tertiary/aromatic N) is 1. The van der Waals surface area contributed by atoms with Crippen LogP contribution in [0.1, 0.15) is 77.2 Å². The maximum absolute atomic E-state index is 2.64. The number of aryl methyl sites for hydroxylation is 1. The highest BCUT2D eigenvalue weighted by molar-refractivity contribution is 5.14. The second-order valence-corrected chi connectivity index (χ2v) is 6.55. The van der Waals surface area contributed by atoms with E-state index < -0.39 is 0 Å². The Morgan fingerprint density at radius 3 is 1.74 bits per heavy atom. The number of unbranched alkanes of at least 4 members (excludes halogenated alkanes) is 6. The summed E-state index contributed by atoms with van der Waals surface area (Å²) in [5.41, 5.74) is 1.49. The summed E-state index contributed by atoms with van der Waals surface area (Å²) in [5, 5.41) is 0. The monoisotopic (exact) mass is 321 g/mol. The van der Waals surface area contributed by atoms with Gasteiger partial charge in [-0.3, -0.25) is 0 Å². The summed E-state index contributed by atoms with van der Waals surface area (Å²) in [4.78, 5) is 2.64. The van der Waals surface area contributed by atoms with Crippen LogP contribution in [-0.4, -0.2) is 30.0 Å². The minimum Gasteiger partial charge on any atom is -0.412 e. The van der Waals surface area contributed by atoms with Crippen LogP contribution in [0.15, 0.2) is 30.3 Å². The highest BCUT2D eigenvalue weighted by Crippen LogP contribution is 2.11. The first-order chi connectivity index (χ1) is 10.9. The molecule has 0 spiro atoms. The third kappa shape index (κ3) is 12.3. The van der Waals surface area contributed by atoms with E-state index in [0.717, 1.165) is 0 Å². The van der Waals surface area contributed by atoms with Crippen LogP contribution in [0.25, 0.3) is 0 Å². The summed E-state index contributed by atoms with van der Waals surface area (Å²) in [6, 6.07) is 10.9. The molecule has 0 fully saturated rings. The molecule has 2 N–H and O–H groups in total. The second-order valence-electron chi connectivity index (χ2n) is 6.55. The molecule has 1 aromatic rings. The Morgan fingerprint density at radius 2 is 1.17 bits per heavy atom. The predicted molar refractivity (Wildman–Crippen MR) is 103 cm³/mol. The first kappa shape index (κ1) is 22.1. The number of hydrogen-bond donors (Lipinski definition) is 0. The number of hydrogen-bond acceptors (Lipinski definition) is 1. The van der Waals surface area contributed by atoms with Crippen LogP contribution >= 0.6 is 0 Å². The lowest BCUT2D eigenvalue weighted by molar-refractivity contribution is 0.267. The molecule has 23 heavy (non-hydrogen) atoms. The predicted octanol–water partition coefficient (Wildman–Crippen LogP) is 5.26. The van der Waals surface area contributed by atoms with Gasteiger partial charge in [-0.1, -0.05) is 76.3 Å². The fourth-order valence-electron chi connectivity index (χ4n) is 3.16. The normalized spacial score (nSPS) is 10.7. The zero-order valence-electron chi connectivity index (χ0n) is 15.5. The summed E-state index contributed by atoms with van der Waals surface area (Å²) < 4.78 is 0. The van der Waals surface area contributed by atoms with Gasteiger partial charge in [0.1, 0.15) is 0 Å². The maximum atomic E-state index is 2.64. The van der Waals surface area contributed by atoms with Crippen LogP contribution in [0.4, 0.5) is 0 Å². The summed E-state index contributed by atoms with van der Waals surface area (Å²) in [7, 11) is 0. The molecule has 2 nitrogen and oxygen atoms in total. The van der Waals surface area contributed by atoms with Gasteiger partial charge in [-0.2, -0.15) is 0 Å². The highest BCUT2D eigenvalue weighted by atomic mass is 16.0. The molecule has 0 amide bonds. The van der Waals surface area contributed by atoms with Crippen LogP contribution in [-0.2, 0) is 6.42 Å². The van der Waals surface area contributed by atoms with E-state index in [0.29, 0.717) is 0 Å². The molecule has 1 aromatic carbocycles. The minimum absolute atomic E-state index is 0. The average Bonchev–Trinajstić information content (AvgIpc) is 2.54. The van der Waals surface area contributed by atoms with Crippen molar-refractivity contribution in [2.45, 2.75) is 78.1 Å². The van der Waals surface area contributed by atoms with Crippen molar-refractivity contribution in [2.75, 3.05) is 19.6 Å². The fourth-order valence-corrected chi connectivity index (χ4v) is 3.16. The van der Waals surface area contributed by atoms with Crippen molar-refractivity contribution in [3.05, 3.63) is 35.9 Å². The molecule has 0 atom stereocenters. The van der Waals surface area contributed by atoms with Crippen LogP contribution in [0.3, 0.4) is 0 Å². The Labute approximate surface area is 144 Å². The molecular formula is C21H39NO. The molecule has 0 bridgehead atoms. The van der Waals surface area contributed by atoms with Gasteiger partial charge in [0, 0.05) is 0 Å². The van der Waals surface area contributed by atoms with E-state index in [1.54, 1.807) is 0 Å². The second kappa shape index (κ2) is 16.0. The lowest BCUT2D eigenvalue weighted by Gasteiger charge is -2.20. The van der Waals surface area contributed by atoms with Gasteiger partial charge in [0.25, 0.3) is 0 Å². The van der Waals surface area contributed by atoms with Crippen molar-refractivity contribution >= 4 is 0 Å². The summed E-state index contributed by atoms with van der Waals surface area (Å²) in [5.74, 6) is 0. The van der Waals surface area contributed by atoms with Crippen LogP contribution in [0, 0.1) is 0 Å². The lowest BCUT2D eigenvalue weighted by atomic mass is 10.0. The summed E-state index contributed by atoms with van der Waals surface area (Å²) >= 11 is 0. The van der Waals surface area contributed by atoms with Crippen LogP contribution < -0.4 is 0 Å². The van der Waals surface area contributed by atoms with Crippen molar-refractivity contribution in [3.63, 3.8) is 0 Å². The molecule has 0 aromatic heterocycles. The Kier molecular flexibility index (Phi) is 15.4. The SMILES string of the molecule is CCCN(CCC)CCCCCCCCCc1ccccc1.O. The van der Waals surface area contributed by atoms with E-state index in [-0.39, 0.29) is 5.48 Å². The molecule has 0 saturated heterocycles. The Balaban J connectivity index is 0.00000484. The lowest BCUT2D eigenvalue weighted by Crippen LogP contribution is -2.26. The number of benzene rings is 1. The first-order valence-corrected chi connectivity index (χ1v) is 9.63.